The highest BCUT2D eigenvalue weighted by Crippen LogP contribution is 2.14. The van der Waals surface area contributed by atoms with Gasteiger partial charge in [0.2, 0.25) is 5.91 Å². The summed E-state index contributed by atoms with van der Waals surface area (Å²) in [5.41, 5.74) is 0. The molecule has 0 saturated carbocycles. The van der Waals surface area contributed by atoms with E-state index in [0.717, 1.165) is 13.1 Å². The molecule has 2 heterocycles. The third-order valence-corrected chi connectivity index (χ3v) is 4.31. The molecular formula is C14H28N4O. The number of hydrogen-bond acceptors (Lipinski definition) is 4. The molecule has 2 saturated heterocycles. The molecule has 2 fully saturated rings. The van der Waals surface area contributed by atoms with Crippen LogP contribution < -0.4 is 5.32 Å². The van der Waals surface area contributed by atoms with Crippen LogP contribution in [0.4, 0.5) is 0 Å². The lowest BCUT2D eigenvalue weighted by molar-refractivity contribution is -0.130. The summed E-state index contributed by atoms with van der Waals surface area (Å²) in [6, 6.07) is 1.31. The number of nitrogens with one attached hydrogen (secondary N) is 1. The Morgan fingerprint density at radius 1 is 1.16 bits per heavy atom. The van der Waals surface area contributed by atoms with Crippen molar-refractivity contribution >= 4 is 5.91 Å². The van der Waals surface area contributed by atoms with Gasteiger partial charge in [0.25, 0.3) is 0 Å². The van der Waals surface area contributed by atoms with Crippen molar-refractivity contribution in [3.8, 4) is 0 Å². The van der Waals surface area contributed by atoms with Crippen LogP contribution >= 0.6 is 0 Å². The van der Waals surface area contributed by atoms with Crippen molar-refractivity contribution in [1.29, 1.82) is 0 Å². The molecule has 5 heteroatoms. The highest BCUT2D eigenvalue weighted by Gasteiger charge is 2.25. The number of amides is 1. The van der Waals surface area contributed by atoms with Crippen molar-refractivity contribution in [3.63, 3.8) is 0 Å². The number of nitrogens with zero attached hydrogens (tertiary/aromatic N) is 3. The molecule has 1 unspecified atom stereocenters. The van der Waals surface area contributed by atoms with Gasteiger partial charge in [-0.3, -0.25) is 9.69 Å². The number of carbonyl (C=O) groups excluding carboxylic acids is 1. The lowest BCUT2D eigenvalue weighted by atomic mass is 10.0. The van der Waals surface area contributed by atoms with E-state index in [-0.39, 0.29) is 5.91 Å². The van der Waals surface area contributed by atoms with Gasteiger partial charge in [-0.2, -0.15) is 0 Å². The van der Waals surface area contributed by atoms with Crippen molar-refractivity contribution < 1.29 is 4.79 Å². The number of likely N-dealkylation sites (N-methyl/N-ethyl adjacent to an activating group) is 2. The normalized spacial score (nSPS) is 26.8. The van der Waals surface area contributed by atoms with Gasteiger partial charge in [0.15, 0.2) is 0 Å². The molecule has 0 aromatic carbocycles. The summed E-state index contributed by atoms with van der Waals surface area (Å²) in [4.78, 5) is 18.0. The minimum atomic E-state index is 0.212. The molecule has 0 aliphatic carbocycles. The zero-order valence-corrected chi connectivity index (χ0v) is 12.6. The van der Waals surface area contributed by atoms with Crippen LogP contribution in [0.3, 0.4) is 0 Å². The second kappa shape index (κ2) is 6.68. The zero-order valence-electron chi connectivity index (χ0n) is 12.6. The monoisotopic (exact) mass is 268 g/mol. The molecule has 0 aromatic rings. The van der Waals surface area contributed by atoms with Crippen LogP contribution in [0.15, 0.2) is 0 Å². The smallest absolute Gasteiger partial charge is 0.236 e. The molecule has 2 aliphatic rings. The lowest BCUT2D eigenvalue weighted by Gasteiger charge is -2.33. The Morgan fingerprint density at radius 2 is 1.79 bits per heavy atom. The Labute approximate surface area is 116 Å². The molecule has 1 amide bonds. The Balaban J connectivity index is 1.66. The van der Waals surface area contributed by atoms with Gasteiger partial charge in [-0.1, -0.05) is 0 Å². The third-order valence-electron chi connectivity index (χ3n) is 4.31. The van der Waals surface area contributed by atoms with Gasteiger partial charge in [0.1, 0.15) is 0 Å². The van der Waals surface area contributed by atoms with Gasteiger partial charge in [-0.25, -0.2) is 0 Å². The number of piperidine rings is 1. The Kier molecular flexibility index (Phi) is 5.19. The van der Waals surface area contributed by atoms with Gasteiger partial charge in [-0.05, 0) is 32.9 Å². The Bertz CT molecular complexity index is 300. The molecule has 0 radical (unpaired) electrons. The molecule has 0 bridgehead atoms. The number of carbonyl (C=O) groups is 1. The predicted molar refractivity (Wildman–Crippen MR) is 77.2 cm³/mol. The fourth-order valence-corrected chi connectivity index (χ4v) is 2.99. The molecule has 0 spiro atoms. The first-order valence-electron chi connectivity index (χ1n) is 7.41. The molecule has 110 valence electrons. The maximum absolute atomic E-state index is 11.7. The Hall–Kier alpha value is -0.650. The summed E-state index contributed by atoms with van der Waals surface area (Å²) < 4.78 is 0. The van der Waals surface area contributed by atoms with Crippen LogP contribution in [0.2, 0.25) is 0 Å². The SMILES string of the molecule is CN1CCC(NC2CCN(CC(=O)N(C)C)CC2)C1. The molecule has 1 atom stereocenters. The highest BCUT2D eigenvalue weighted by molar-refractivity contribution is 5.77. The average Bonchev–Trinajstić information content (AvgIpc) is 2.77. The quantitative estimate of drug-likeness (QED) is 0.768. The summed E-state index contributed by atoms with van der Waals surface area (Å²) in [7, 11) is 5.84. The van der Waals surface area contributed by atoms with E-state index in [4.69, 9.17) is 0 Å². The van der Waals surface area contributed by atoms with E-state index in [0.29, 0.717) is 18.6 Å². The first-order valence-corrected chi connectivity index (χ1v) is 7.41. The molecule has 5 nitrogen and oxygen atoms in total. The van der Waals surface area contributed by atoms with Crippen LogP contribution in [0, 0.1) is 0 Å². The van der Waals surface area contributed by atoms with E-state index < -0.39 is 0 Å². The van der Waals surface area contributed by atoms with Crippen molar-refractivity contribution in [3.05, 3.63) is 0 Å². The van der Waals surface area contributed by atoms with E-state index in [1.54, 1.807) is 4.90 Å². The highest BCUT2D eigenvalue weighted by atomic mass is 16.2. The number of hydrogen-bond donors (Lipinski definition) is 1. The minimum absolute atomic E-state index is 0.212. The van der Waals surface area contributed by atoms with E-state index in [9.17, 15) is 4.79 Å². The van der Waals surface area contributed by atoms with Crippen LogP contribution in [-0.2, 0) is 4.79 Å². The van der Waals surface area contributed by atoms with Crippen LogP contribution in [0.25, 0.3) is 0 Å². The molecule has 2 aliphatic heterocycles. The minimum Gasteiger partial charge on any atom is -0.348 e. The fourth-order valence-electron chi connectivity index (χ4n) is 2.99. The number of likely N-dealkylation sites (tertiary alicyclic amines) is 2. The van der Waals surface area contributed by atoms with Crippen LogP contribution in [0.5, 0.6) is 0 Å². The van der Waals surface area contributed by atoms with Crippen molar-refractivity contribution in [2.24, 2.45) is 0 Å². The molecule has 19 heavy (non-hydrogen) atoms. The average molecular weight is 268 g/mol. The third kappa shape index (κ3) is 4.44. The van der Waals surface area contributed by atoms with Crippen molar-refractivity contribution in [2.45, 2.75) is 31.3 Å². The predicted octanol–water partition coefficient (Wildman–Crippen LogP) is -0.167. The largest absolute Gasteiger partial charge is 0.348 e. The van der Waals surface area contributed by atoms with Crippen LogP contribution in [-0.4, -0.2) is 86.6 Å². The summed E-state index contributed by atoms with van der Waals surface area (Å²) >= 11 is 0. The van der Waals surface area contributed by atoms with Gasteiger partial charge in [0.05, 0.1) is 6.54 Å². The first-order chi connectivity index (χ1) is 9.04. The van der Waals surface area contributed by atoms with Gasteiger partial charge >= 0.3 is 0 Å². The molecule has 2 rings (SSSR count). The van der Waals surface area contributed by atoms with E-state index in [1.807, 2.05) is 14.1 Å². The van der Waals surface area contributed by atoms with Crippen molar-refractivity contribution in [1.82, 2.24) is 20.0 Å². The van der Waals surface area contributed by atoms with Gasteiger partial charge in [0, 0.05) is 45.8 Å². The second-order valence-electron chi connectivity index (χ2n) is 6.25. The second-order valence-corrected chi connectivity index (χ2v) is 6.25. The zero-order chi connectivity index (χ0) is 13.8. The lowest BCUT2D eigenvalue weighted by Crippen LogP contribution is -2.48. The molecule has 1 N–H and O–H groups in total. The first kappa shape index (κ1) is 14.8. The van der Waals surface area contributed by atoms with E-state index in [2.05, 4.69) is 22.2 Å². The standard InChI is InChI=1S/C14H28N4O/c1-16(2)14(19)11-18-8-5-12(6-9-18)15-13-4-7-17(3)10-13/h12-13,15H,4-11H2,1-3H3. The molecule has 0 aromatic heterocycles. The maximum Gasteiger partial charge on any atom is 0.236 e. The van der Waals surface area contributed by atoms with E-state index >= 15 is 0 Å². The van der Waals surface area contributed by atoms with Crippen LogP contribution in [0.1, 0.15) is 19.3 Å². The molecular weight excluding hydrogens is 240 g/mol. The maximum atomic E-state index is 11.7. The topological polar surface area (TPSA) is 38.8 Å². The van der Waals surface area contributed by atoms with Gasteiger partial charge in [-0.15, -0.1) is 0 Å². The fraction of sp³-hybridized carbons (Fsp3) is 0.929. The van der Waals surface area contributed by atoms with Crippen molar-refractivity contribution in [2.75, 3.05) is 53.9 Å². The summed E-state index contributed by atoms with van der Waals surface area (Å²) in [6.45, 7) is 5.05. The summed E-state index contributed by atoms with van der Waals surface area (Å²) in [5.74, 6) is 0.212. The number of rotatable bonds is 4. The summed E-state index contributed by atoms with van der Waals surface area (Å²) in [6.07, 6.45) is 3.61. The van der Waals surface area contributed by atoms with Gasteiger partial charge < -0.3 is 15.1 Å². The summed E-state index contributed by atoms with van der Waals surface area (Å²) in [5, 5.41) is 3.78. The Morgan fingerprint density at radius 3 is 2.32 bits per heavy atom. The van der Waals surface area contributed by atoms with E-state index in [1.165, 1.54) is 32.4 Å².